The molecule has 2 aromatic carbocycles. The van der Waals surface area contributed by atoms with E-state index in [0.717, 1.165) is 26.8 Å². The van der Waals surface area contributed by atoms with Gasteiger partial charge < -0.3 is 23.7 Å². The van der Waals surface area contributed by atoms with Gasteiger partial charge in [-0.1, -0.05) is 0 Å². The fourth-order valence-corrected chi connectivity index (χ4v) is 4.49. The summed E-state index contributed by atoms with van der Waals surface area (Å²) in [6.45, 7) is 0.195. The Hall–Kier alpha value is -2.93. The van der Waals surface area contributed by atoms with Crippen molar-refractivity contribution in [3.63, 3.8) is 0 Å². The van der Waals surface area contributed by atoms with Crippen molar-refractivity contribution in [3.05, 3.63) is 34.7 Å². The average molecular weight is 386 g/mol. The van der Waals surface area contributed by atoms with Crippen LogP contribution in [0, 0.1) is 0 Å². The van der Waals surface area contributed by atoms with Crippen LogP contribution in [0.2, 0.25) is 0 Å². The first-order chi connectivity index (χ1) is 13.1. The van der Waals surface area contributed by atoms with E-state index in [1.165, 1.54) is 0 Å². The van der Waals surface area contributed by atoms with E-state index in [4.69, 9.17) is 23.7 Å². The first-order valence-electron chi connectivity index (χ1n) is 8.22. The third kappa shape index (κ3) is 2.49. The van der Waals surface area contributed by atoms with Gasteiger partial charge in [-0.3, -0.25) is 0 Å². The number of carbonyl (C=O) groups excluding carboxylic acids is 1. The molecule has 0 N–H and O–H groups in total. The molecule has 1 aliphatic heterocycles. The molecule has 1 aromatic heterocycles. The molecule has 140 valence electrons. The van der Waals surface area contributed by atoms with Gasteiger partial charge in [-0.15, -0.1) is 11.3 Å². The highest BCUT2D eigenvalue weighted by Gasteiger charge is 2.33. The highest BCUT2D eigenvalue weighted by molar-refractivity contribution is 7.17. The SMILES string of the molecule is COc1cc(-c2c3c(c(OC)c4ccsc24)COC3=O)cc(OC)c1OC. The number of cyclic esters (lactones) is 1. The first kappa shape index (κ1) is 17.5. The van der Waals surface area contributed by atoms with Crippen molar-refractivity contribution in [1.29, 1.82) is 0 Å². The molecule has 0 spiro atoms. The number of fused-ring (bicyclic) bond motifs is 2. The number of benzene rings is 2. The highest BCUT2D eigenvalue weighted by Crippen LogP contribution is 2.49. The first-order valence-corrected chi connectivity index (χ1v) is 9.10. The Balaban J connectivity index is 2.11. The Morgan fingerprint density at radius 3 is 2.19 bits per heavy atom. The van der Waals surface area contributed by atoms with Gasteiger partial charge in [0, 0.05) is 21.2 Å². The van der Waals surface area contributed by atoms with E-state index in [1.807, 2.05) is 23.6 Å². The molecule has 2 heterocycles. The number of hydrogen-bond acceptors (Lipinski definition) is 7. The van der Waals surface area contributed by atoms with E-state index < -0.39 is 0 Å². The molecule has 0 atom stereocenters. The van der Waals surface area contributed by atoms with Crippen molar-refractivity contribution in [1.82, 2.24) is 0 Å². The van der Waals surface area contributed by atoms with Gasteiger partial charge in [0.1, 0.15) is 12.4 Å². The minimum Gasteiger partial charge on any atom is -0.496 e. The number of carbonyl (C=O) groups is 1. The summed E-state index contributed by atoms with van der Waals surface area (Å²) in [5.74, 6) is 1.87. The molecule has 0 saturated carbocycles. The second kappa shape index (κ2) is 6.66. The lowest BCUT2D eigenvalue weighted by molar-refractivity contribution is 0.0535. The van der Waals surface area contributed by atoms with Crippen LogP contribution in [-0.2, 0) is 11.3 Å². The Kier molecular flexibility index (Phi) is 4.31. The molecule has 0 radical (unpaired) electrons. The van der Waals surface area contributed by atoms with Gasteiger partial charge in [0.05, 0.1) is 34.0 Å². The van der Waals surface area contributed by atoms with Crippen molar-refractivity contribution < 1.29 is 28.5 Å². The summed E-state index contributed by atoms with van der Waals surface area (Å²) < 4.78 is 28.2. The number of thiophene rings is 1. The summed E-state index contributed by atoms with van der Waals surface area (Å²) in [5.41, 5.74) is 2.86. The zero-order valence-electron chi connectivity index (χ0n) is 15.4. The van der Waals surface area contributed by atoms with Crippen LogP contribution in [0.1, 0.15) is 15.9 Å². The number of rotatable bonds is 5. The topological polar surface area (TPSA) is 63.2 Å². The second-order valence-corrected chi connectivity index (χ2v) is 6.83. The Labute approximate surface area is 160 Å². The standard InChI is InChI=1S/C20H18O6S/c1-22-13-7-10(8-14(23-2)18(13)25-4)15-16-12(9-26-20(16)21)17(24-3)11-5-6-27-19(11)15/h5-8H,9H2,1-4H3. The highest BCUT2D eigenvalue weighted by atomic mass is 32.1. The summed E-state index contributed by atoms with van der Waals surface area (Å²) in [5, 5.41) is 2.93. The average Bonchev–Trinajstić information content (AvgIpc) is 3.32. The molecule has 0 fully saturated rings. The molecular formula is C20H18O6S. The number of esters is 1. The molecule has 3 aromatic rings. The van der Waals surface area contributed by atoms with Crippen LogP contribution in [-0.4, -0.2) is 34.4 Å². The molecule has 0 saturated heterocycles. The van der Waals surface area contributed by atoms with Gasteiger partial charge in [-0.05, 0) is 29.1 Å². The minimum absolute atomic E-state index is 0.195. The molecule has 7 heteroatoms. The lowest BCUT2D eigenvalue weighted by Crippen LogP contribution is -2.01. The monoisotopic (exact) mass is 386 g/mol. The third-order valence-corrected chi connectivity index (χ3v) is 5.60. The van der Waals surface area contributed by atoms with Gasteiger partial charge >= 0.3 is 5.97 Å². The maximum absolute atomic E-state index is 12.6. The fourth-order valence-electron chi connectivity index (χ4n) is 3.53. The van der Waals surface area contributed by atoms with Crippen molar-refractivity contribution in [3.8, 4) is 34.1 Å². The van der Waals surface area contributed by atoms with Crippen molar-refractivity contribution in [2.45, 2.75) is 6.61 Å². The molecule has 0 unspecified atom stereocenters. The van der Waals surface area contributed by atoms with Crippen LogP contribution in [0.15, 0.2) is 23.6 Å². The lowest BCUT2D eigenvalue weighted by atomic mass is 9.93. The van der Waals surface area contributed by atoms with E-state index in [1.54, 1.807) is 39.8 Å². The van der Waals surface area contributed by atoms with Crippen LogP contribution in [0.3, 0.4) is 0 Å². The number of ether oxygens (including phenoxy) is 5. The summed E-state index contributed by atoms with van der Waals surface area (Å²) in [4.78, 5) is 12.6. The fraction of sp³-hybridized carbons (Fsp3) is 0.250. The summed E-state index contributed by atoms with van der Waals surface area (Å²) in [6.07, 6.45) is 0. The van der Waals surface area contributed by atoms with Gasteiger partial charge in [-0.25, -0.2) is 4.79 Å². The normalized spacial score (nSPS) is 12.7. The van der Waals surface area contributed by atoms with Gasteiger partial charge in [0.2, 0.25) is 5.75 Å². The van der Waals surface area contributed by atoms with Gasteiger partial charge in [0.25, 0.3) is 0 Å². The molecule has 27 heavy (non-hydrogen) atoms. The van der Waals surface area contributed by atoms with Crippen LogP contribution in [0.5, 0.6) is 23.0 Å². The van der Waals surface area contributed by atoms with Crippen molar-refractivity contribution in [2.75, 3.05) is 28.4 Å². The van der Waals surface area contributed by atoms with Gasteiger partial charge in [-0.2, -0.15) is 0 Å². The number of methoxy groups -OCH3 is 4. The number of hydrogen-bond donors (Lipinski definition) is 0. The molecular weight excluding hydrogens is 368 g/mol. The zero-order chi connectivity index (χ0) is 19.1. The molecule has 0 aliphatic carbocycles. The van der Waals surface area contributed by atoms with E-state index >= 15 is 0 Å². The predicted octanol–water partition coefficient (Wildman–Crippen LogP) is 4.27. The van der Waals surface area contributed by atoms with Crippen LogP contribution in [0.25, 0.3) is 21.2 Å². The Morgan fingerprint density at radius 2 is 1.59 bits per heavy atom. The van der Waals surface area contributed by atoms with Crippen LogP contribution < -0.4 is 18.9 Å². The molecule has 0 bridgehead atoms. The second-order valence-electron chi connectivity index (χ2n) is 5.92. The van der Waals surface area contributed by atoms with Crippen molar-refractivity contribution in [2.24, 2.45) is 0 Å². The quantitative estimate of drug-likeness (QED) is 0.610. The Morgan fingerprint density at radius 1 is 0.926 bits per heavy atom. The maximum Gasteiger partial charge on any atom is 0.339 e. The van der Waals surface area contributed by atoms with E-state index in [0.29, 0.717) is 28.6 Å². The zero-order valence-corrected chi connectivity index (χ0v) is 16.2. The van der Waals surface area contributed by atoms with E-state index in [2.05, 4.69) is 0 Å². The third-order valence-electron chi connectivity index (χ3n) is 4.67. The molecule has 4 rings (SSSR count). The Bertz CT molecular complexity index is 1030. The lowest BCUT2D eigenvalue weighted by Gasteiger charge is -2.17. The van der Waals surface area contributed by atoms with E-state index in [9.17, 15) is 4.79 Å². The maximum atomic E-state index is 12.6. The van der Waals surface area contributed by atoms with Crippen LogP contribution in [0.4, 0.5) is 0 Å². The van der Waals surface area contributed by atoms with Crippen molar-refractivity contribution >= 4 is 27.4 Å². The van der Waals surface area contributed by atoms with Gasteiger partial charge in [0.15, 0.2) is 11.5 Å². The molecule has 0 amide bonds. The summed E-state index contributed by atoms with van der Waals surface area (Å²) >= 11 is 1.54. The smallest absolute Gasteiger partial charge is 0.339 e. The summed E-state index contributed by atoms with van der Waals surface area (Å²) in [7, 11) is 6.29. The largest absolute Gasteiger partial charge is 0.496 e. The molecule has 6 nitrogen and oxygen atoms in total. The van der Waals surface area contributed by atoms with E-state index in [-0.39, 0.29) is 12.6 Å². The van der Waals surface area contributed by atoms with Crippen LogP contribution >= 0.6 is 11.3 Å². The molecule has 1 aliphatic rings. The predicted molar refractivity (Wildman–Crippen MR) is 103 cm³/mol. The summed E-state index contributed by atoms with van der Waals surface area (Å²) in [6, 6.07) is 5.67. The minimum atomic E-state index is -0.359.